The first kappa shape index (κ1) is 16.6. The Labute approximate surface area is 145 Å². The van der Waals surface area contributed by atoms with E-state index in [0.717, 1.165) is 22.0 Å². The van der Waals surface area contributed by atoms with Crippen LogP contribution in [0.25, 0.3) is 10.9 Å². The molecule has 3 aromatic rings. The van der Waals surface area contributed by atoms with Crippen molar-refractivity contribution in [2.75, 3.05) is 0 Å². The van der Waals surface area contributed by atoms with Crippen LogP contribution in [0.4, 0.5) is 0 Å². The minimum absolute atomic E-state index is 0.259. The number of carbonyl (C=O) groups is 2. The molecule has 25 heavy (non-hydrogen) atoms. The molecule has 3 N–H and O–H groups in total. The molecule has 0 aliphatic carbocycles. The number of nitrogens with two attached hydrogens (primary N) is 1. The van der Waals surface area contributed by atoms with Crippen molar-refractivity contribution in [2.24, 2.45) is 5.73 Å². The molecule has 5 heteroatoms. The smallest absolute Gasteiger partial charge is 0.270 e. The van der Waals surface area contributed by atoms with Gasteiger partial charge in [0.1, 0.15) is 11.7 Å². The van der Waals surface area contributed by atoms with Gasteiger partial charge in [-0.1, -0.05) is 54.1 Å². The number of nitrogens with one attached hydrogen (secondary N) is 1. The molecule has 0 spiro atoms. The maximum atomic E-state index is 12.5. The Morgan fingerprint density at radius 3 is 2.64 bits per heavy atom. The molecule has 2 amide bonds. The van der Waals surface area contributed by atoms with Gasteiger partial charge in [0, 0.05) is 11.8 Å². The molecule has 3 rings (SSSR count). The molecule has 1 atom stereocenters. The fourth-order valence-corrected chi connectivity index (χ4v) is 2.72. The molecule has 1 heterocycles. The van der Waals surface area contributed by atoms with Crippen molar-refractivity contribution >= 4 is 22.7 Å². The average Bonchev–Trinajstić information content (AvgIpc) is 2.60. The second-order valence-corrected chi connectivity index (χ2v) is 6.01. The number of benzene rings is 2. The molecule has 1 aromatic heterocycles. The summed E-state index contributed by atoms with van der Waals surface area (Å²) in [7, 11) is 0. The number of primary amides is 1. The molecule has 0 fully saturated rings. The van der Waals surface area contributed by atoms with Crippen molar-refractivity contribution in [1.29, 1.82) is 0 Å². The maximum absolute atomic E-state index is 12.5. The van der Waals surface area contributed by atoms with Gasteiger partial charge in [0.05, 0.1) is 5.52 Å². The van der Waals surface area contributed by atoms with Gasteiger partial charge >= 0.3 is 0 Å². The summed E-state index contributed by atoms with van der Waals surface area (Å²) < 4.78 is 0. The van der Waals surface area contributed by atoms with Crippen molar-refractivity contribution in [3.8, 4) is 0 Å². The quantitative estimate of drug-likeness (QED) is 0.752. The Morgan fingerprint density at radius 2 is 1.88 bits per heavy atom. The third kappa shape index (κ3) is 4.01. The van der Waals surface area contributed by atoms with Crippen LogP contribution in [-0.2, 0) is 11.2 Å². The van der Waals surface area contributed by atoms with Crippen LogP contribution in [0.2, 0.25) is 0 Å². The fourth-order valence-electron chi connectivity index (χ4n) is 2.72. The molecule has 0 saturated heterocycles. The van der Waals surface area contributed by atoms with Gasteiger partial charge in [0.15, 0.2) is 0 Å². The Hall–Kier alpha value is -3.21. The van der Waals surface area contributed by atoms with Crippen molar-refractivity contribution in [3.05, 3.63) is 77.5 Å². The minimum atomic E-state index is -0.789. The van der Waals surface area contributed by atoms with E-state index in [1.54, 1.807) is 6.07 Å². The lowest BCUT2D eigenvalue weighted by Crippen LogP contribution is -2.46. The predicted molar refractivity (Wildman–Crippen MR) is 97.1 cm³/mol. The van der Waals surface area contributed by atoms with Gasteiger partial charge in [-0.15, -0.1) is 0 Å². The summed E-state index contributed by atoms with van der Waals surface area (Å²) in [6.45, 7) is 1.97. The molecule has 0 aliphatic rings. The number of aromatic nitrogens is 1. The lowest BCUT2D eigenvalue weighted by atomic mass is 10.0. The third-order valence-electron chi connectivity index (χ3n) is 4.00. The first-order chi connectivity index (χ1) is 12.0. The molecule has 2 aromatic carbocycles. The van der Waals surface area contributed by atoms with Crippen molar-refractivity contribution in [1.82, 2.24) is 10.3 Å². The number of pyridine rings is 1. The number of nitrogens with zero attached hydrogens (tertiary/aromatic N) is 1. The lowest BCUT2D eigenvalue weighted by Gasteiger charge is -2.16. The van der Waals surface area contributed by atoms with Gasteiger partial charge in [0.2, 0.25) is 5.91 Å². The lowest BCUT2D eigenvalue weighted by molar-refractivity contribution is -0.119. The number of amides is 2. The second kappa shape index (κ2) is 7.13. The Morgan fingerprint density at radius 1 is 1.08 bits per heavy atom. The molecule has 0 unspecified atom stereocenters. The monoisotopic (exact) mass is 333 g/mol. The van der Waals surface area contributed by atoms with Gasteiger partial charge < -0.3 is 11.1 Å². The van der Waals surface area contributed by atoms with Crippen molar-refractivity contribution in [3.63, 3.8) is 0 Å². The number of aryl methyl sites for hydroxylation is 1. The normalized spacial score (nSPS) is 11.9. The van der Waals surface area contributed by atoms with Crippen LogP contribution < -0.4 is 11.1 Å². The first-order valence-corrected chi connectivity index (χ1v) is 8.04. The van der Waals surface area contributed by atoms with Crippen LogP contribution >= 0.6 is 0 Å². The average molecular weight is 333 g/mol. The van der Waals surface area contributed by atoms with Crippen LogP contribution in [0, 0.1) is 6.92 Å². The Balaban J connectivity index is 1.78. The highest BCUT2D eigenvalue weighted by molar-refractivity contribution is 5.97. The van der Waals surface area contributed by atoms with Crippen molar-refractivity contribution < 1.29 is 9.59 Å². The van der Waals surface area contributed by atoms with Crippen LogP contribution in [-0.4, -0.2) is 22.8 Å². The molecule has 5 nitrogen and oxygen atoms in total. The minimum Gasteiger partial charge on any atom is -0.368 e. The zero-order valence-corrected chi connectivity index (χ0v) is 13.9. The summed E-state index contributed by atoms with van der Waals surface area (Å²) in [4.78, 5) is 28.6. The second-order valence-electron chi connectivity index (χ2n) is 6.01. The van der Waals surface area contributed by atoms with E-state index in [4.69, 9.17) is 5.73 Å². The largest absolute Gasteiger partial charge is 0.368 e. The van der Waals surface area contributed by atoms with E-state index in [-0.39, 0.29) is 5.69 Å². The topological polar surface area (TPSA) is 85.1 Å². The van der Waals surface area contributed by atoms with Crippen LogP contribution in [0.5, 0.6) is 0 Å². The number of carbonyl (C=O) groups excluding carboxylic acids is 2. The highest BCUT2D eigenvalue weighted by Gasteiger charge is 2.20. The summed E-state index contributed by atoms with van der Waals surface area (Å²) in [5.41, 5.74) is 8.48. The molecule has 0 radical (unpaired) electrons. The fraction of sp³-hybridized carbons (Fsp3) is 0.150. The molecule has 0 bridgehead atoms. The van der Waals surface area contributed by atoms with E-state index >= 15 is 0 Å². The number of para-hydroxylation sites is 1. The molecule has 126 valence electrons. The van der Waals surface area contributed by atoms with Gasteiger partial charge in [-0.2, -0.15) is 0 Å². The Bertz CT molecular complexity index is 937. The van der Waals surface area contributed by atoms with E-state index in [0.29, 0.717) is 6.42 Å². The molecule has 0 aliphatic heterocycles. The van der Waals surface area contributed by atoms with Crippen LogP contribution in [0.3, 0.4) is 0 Å². The van der Waals surface area contributed by atoms with E-state index in [9.17, 15) is 9.59 Å². The van der Waals surface area contributed by atoms with Gasteiger partial charge in [0.25, 0.3) is 5.91 Å². The first-order valence-electron chi connectivity index (χ1n) is 8.04. The summed E-state index contributed by atoms with van der Waals surface area (Å²) in [6.07, 6.45) is 0.344. The summed E-state index contributed by atoms with van der Waals surface area (Å²) in [5, 5.41) is 3.64. The number of hydrogen-bond acceptors (Lipinski definition) is 3. The van der Waals surface area contributed by atoms with Gasteiger partial charge in [-0.05, 0) is 24.6 Å². The molecule has 0 saturated carbocycles. The SMILES string of the molecule is Cc1cccc(C[C@H](NC(=O)c2ccc3ccccc3n2)C(N)=O)c1. The van der Waals surface area contributed by atoms with Gasteiger partial charge in [-0.3, -0.25) is 9.59 Å². The summed E-state index contributed by atoms with van der Waals surface area (Å²) in [5.74, 6) is -0.988. The number of rotatable bonds is 5. The summed E-state index contributed by atoms with van der Waals surface area (Å²) >= 11 is 0. The maximum Gasteiger partial charge on any atom is 0.270 e. The molecular formula is C20H19N3O2. The van der Waals surface area contributed by atoms with Crippen LogP contribution in [0.1, 0.15) is 21.6 Å². The third-order valence-corrected chi connectivity index (χ3v) is 4.00. The highest BCUT2D eigenvalue weighted by Crippen LogP contribution is 2.12. The van der Waals surface area contributed by atoms with Crippen LogP contribution in [0.15, 0.2) is 60.7 Å². The highest BCUT2D eigenvalue weighted by atomic mass is 16.2. The zero-order chi connectivity index (χ0) is 17.8. The van der Waals surface area contributed by atoms with Crippen molar-refractivity contribution in [2.45, 2.75) is 19.4 Å². The molecular weight excluding hydrogens is 314 g/mol. The van der Waals surface area contributed by atoms with E-state index < -0.39 is 17.9 Å². The number of fused-ring (bicyclic) bond motifs is 1. The number of hydrogen-bond donors (Lipinski definition) is 2. The summed E-state index contributed by atoms with van der Waals surface area (Å²) in [6, 6.07) is 18.0. The van der Waals surface area contributed by atoms with Gasteiger partial charge in [-0.25, -0.2) is 4.98 Å². The zero-order valence-electron chi connectivity index (χ0n) is 13.9. The van der Waals surface area contributed by atoms with E-state index in [1.807, 2.05) is 61.5 Å². The van der Waals surface area contributed by atoms with E-state index in [2.05, 4.69) is 10.3 Å². The van der Waals surface area contributed by atoms with E-state index in [1.165, 1.54) is 0 Å². The Kier molecular flexibility index (Phi) is 4.75. The standard InChI is InChI=1S/C20H19N3O2/c1-13-5-4-6-14(11-13)12-18(19(21)24)23-20(25)17-10-9-15-7-2-3-8-16(15)22-17/h2-11,18H,12H2,1H3,(H2,21,24)(H,23,25)/t18-/m0/s1. The predicted octanol–water partition coefficient (Wildman–Crippen LogP) is 2.37.